The largest absolute Gasteiger partial charge is 0.257 e. The van der Waals surface area contributed by atoms with E-state index in [1.165, 1.54) is 12.1 Å². The summed E-state index contributed by atoms with van der Waals surface area (Å²) in [6, 6.07) is 14.6. The van der Waals surface area contributed by atoms with E-state index in [4.69, 9.17) is 0 Å². The maximum atomic E-state index is 12.8. The molecule has 0 saturated heterocycles. The molecule has 2 N–H and O–H groups in total. The zero-order valence-corrected chi connectivity index (χ0v) is 9.20. The molecule has 0 saturated carbocycles. The minimum absolute atomic E-state index is 0.200. The molecule has 84 valence electrons. The molecule has 3 rings (SSSR count). The fourth-order valence-corrected chi connectivity index (χ4v) is 1.95. The van der Waals surface area contributed by atoms with E-state index in [2.05, 4.69) is 9.97 Å². The van der Waals surface area contributed by atoms with Crippen molar-refractivity contribution in [2.45, 2.75) is 6.42 Å². The molecule has 17 heavy (non-hydrogen) atoms. The van der Waals surface area contributed by atoms with Crippen LogP contribution in [-0.4, -0.2) is 4.98 Å². The van der Waals surface area contributed by atoms with E-state index < -0.39 is 0 Å². The predicted molar refractivity (Wildman–Crippen MR) is 64.1 cm³/mol. The summed E-state index contributed by atoms with van der Waals surface area (Å²) >= 11 is 0. The molecular weight excluding hydrogens is 215 g/mol. The van der Waals surface area contributed by atoms with Crippen LogP contribution in [0.5, 0.6) is 0 Å². The lowest BCUT2D eigenvalue weighted by Gasteiger charge is -1.94. The van der Waals surface area contributed by atoms with Gasteiger partial charge in [0.1, 0.15) is 5.82 Å². The Kier molecular flexibility index (Phi) is 2.37. The van der Waals surface area contributed by atoms with Crippen molar-refractivity contribution in [1.29, 1.82) is 0 Å². The number of rotatable bonds is 2. The van der Waals surface area contributed by atoms with Gasteiger partial charge in [0.25, 0.3) is 5.82 Å². The van der Waals surface area contributed by atoms with Crippen LogP contribution < -0.4 is 4.98 Å². The molecule has 0 bridgehead atoms. The van der Waals surface area contributed by atoms with Crippen LogP contribution in [-0.2, 0) is 6.42 Å². The van der Waals surface area contributed by atoms with Crippen molar-refractivity contribution in [3.8, 4) is 0 Å². The lowest BCUT2D eigenvalue weighted by Crippen LogP contribution is -2.07. The molecule has 3 aromatic rings. The molecule has 0 radical (unpaired) electrons. The average molecular weight is 227 g/mol. The van der Waals surface area contributed by atoms with Crippen molar-refractivity contribution in [3.63, 3.8) is 0 Å². The number of hydrogen-bond acceptors (Lipinski definition) is 0. The molecule has 0 amide bonds. The summed E-state index contributed by atoms with van der Waals surface area (Å²) in [7, 11) is 0. The van der Waals surface area contributed by atoms with Crippen molar-refractivity contribution in [2.75, 3.05) is 0 Å². The maximum Gasteiger partial charge on any atom is 0.257 e. The number of nitrogens with one attached hydrogen (secondary N) is 2. The van der Waals surface area contributed by atoms with Gasteiger partial charge in [-0.2, -0.15) is 0 Å². The summed E-state index contributed by atoms with van der Waals surface area (Å²) in [5, 5.41) is 0. The SMILES string of the molecule is Fc1ccc(Cc2[nH]c3ccccc3[nH+]2)cc1. The van der Waals surface area contributed by atoms with Gasteiger partial charge in [-0.25, -0.2) is 14.4 Å². The van der Waals surface area contributed by atoms with Gasteiger partial charge in [-0.15, -0.1) is 0 Å². The van der Waals surface area contributed by atoms with Crippen LogP contribution >= 0.6 is 0 Å². The van der Waals surface area contributed by atoms with Crippen LogP contribution in [0.25, 0.3) is 11.0 Å². The number of halogens is 1. The van der Waals surface area contributed by atoms with Crippen molar-refractivity contribution in [1.82, 2.24) is 4.98 Å². The minimum Gasteiger partial charge on any atom is -0.241 e. The van der Waals surface area contributed by atoms with E-state index >= 15 is 0 Å². The number of H-pyrrole nitrogens is 2. The molecule has 0 aliphatic rings. The van der Waals surface area contributed by atoms with Crippen LogP contribution in [0.15, 0.2) is 48.5 Å². The van der Waals surface area contributed by atoms with Crippen molar-refractivity contribution < 1.29 is 9.37 Å². The first-order valence-electron chi connectivity index (χ1n) is 5.54. The minimum atomic E-state index is -0.200. The molecule has 0 fully saturated rings. The fraction of sp³-hybridized carbons (Fsp3) is 0.0714. The summed E-state index contributed by atoms with van der Waals surface area (Å²) in [5.74, 6) is 0.826. The van der Waals surface area contributed by atoms with E-state index in [1.54, 1.807) is 12.1 Å². The van der Waals surface area contributed by atoms with Crippen molar-refractivity contribution >= 4 is 11.0 Å². The van der Waals surface area contributed by atoms with E-state index in [1.807, 2.05) is 24.3 Å². The number of aromatic amines is 2. The first-order chi connectivity index (χ1) is 8.31. The number of benzene rings is 2. The lowest BCUT2D eigenvalue weighted by atomic mass is 10.1. The molecule has 0 aliphatic carbocycles. The second-order valence-electron chi connectivity index (χ2n) is 4.08. The summed E-state index contributed by atoms with van der Waals surface area (Å²) in [5.41, 5.74) is 3.25. The highest BCUT2D eigenvalue weighted by molar-refractivity contribution is 5.70. The Labute approximate surface area is 98.1 Å². The fourth-order valence-electron chi connectivity index (χ4n) is 1.95. The molecule has 0 aliphatic heterocycles. The summed E-state index contributed by atoms with van der Waals surface area (Å²) in [6.07, 6.45) is 0.745. The van der Waals surface area contributed by atoms with Gasteiger partial charge in [0.05, 0.1) is 6.42 Å². The summed E-state index contributed by atoms with van der Waals surface area (Å²) in [4.78, 5) is 6.62. The smallest absolute Gasteiger partial charge is 0.241 e. The van der Waals surface area contributed by atoms with Gasteiger partial charge in [-0.05, 0) is 29.8 Å². The van der Waals surface area contributed by atoms with E-state index in [9.17, 15) is 4.39 Å². The summed E-state index contributed by atoms with van der Waals surface area (Å²) in [6.45, 7) is 0. The first-order valence-corrected chi connectivity index (χ1v) is 5.54. The highest BCUT2D eigenvalue weighted by Crippen LogP contribution is 2.10. The highest BCUT2D eigenvalue weighted by atomic mass is 19.1. The van der Waals surface area contributed by atoms with Crippen LogP contribution in [0.3, 0.4) is 0 Å². The van der Waals surface area contributed by atoms with Gasteiger partial charge in [0.15, 0.2) is 11.0 Å². The second kappa shape index (κ2) is 4.01. The predicted octanol–water partition coefficient (Wildman–Crippen LogP) is 2.71. The topological polar surface area (TPSA) is 29.9 Å². The molecule has 2 nitrogen and oxygen atoms in total. The lowest BCUT2D eigenvalue weighted by molar-refractivity contribution is -0.356. The molecule has 0 spiro atoms. The normalized spacial score (nSPS) is 10.9. The Morgan fingerprint density at radius 3 is 2.53 bits per heavy atom. The third-order valence-corrected chi connectivity index (χ3v) is 2.79. The van der Waals surface area contributed by atoms with Crippen LogP contribution in [0, 0.1) is 5.82 Å². The number of hydrogen-bond donors (Lipinski definition) is 1. The number of aromatic nitrogens is 2. The Morgan fingerprint density at radius 1 is 1.00 bits per heavy atom. The number of imidazole rings is 1. The molecule has 2 aromatic carbocycles. The van der Waals surface area contributed by atoms with E-state index in [-0.39, 0.29) is 5.82 Å². The average Bonchev–Trinajstić information content (AvgIpc) is 2.74. The van der Waals surface area contributed by atoms with Gasteiger partial charge in [-0.1, -0.05) is 24.3 Å². The first kappa shape index (κ1) is 10.0. The Balaban J connectivity index is 1.92. The third kappa shape index (κ3) is 2.04. The van der Waals surface area contributed by atoms with Crippen LogP contribution in [0.1, 0.15) is 11.4 Å². The van der Waals surface area contributed by atoms with Crippen LogP contribution in [0.4, 0.5) is 4.39 Å². The van der Waals surface area contributed by atoms with Crippen molar-refractivity contribution in [2.24, 2.45) is 0 Å². The number of para-hydroxylation sites is 2. The zero-order chi connectivity index (χ0) is 11.7. The van der Waals surface area contributed by atoms with Crippen molar-refractivity contribution in [3.05, 3.63) is 65.7 Å². The monoisotopic (exact) mass is 227 g/mol. The molecular formula is C14H12FN2+. The Morgan fingerprint density at radius 2 is 1.76 bits per heavy atom. The molecule has 0 unspecified atom stereocenters. The highest BCUT2D eigenvalue weighted by Gasteiger charge is 2.09. The number of fused-ring (bicyclic) bond motifs is 1. The second-order valence-corrected chi connectivity index (χ2v) is 4.08. The van der Waals surface area contributed by atoms with Gasteiger partial charge >= 0.3 is 0 Å². The zero-order valence-electron chi connectivity index (χ0n) is 9.20. The Hall–Kier alpha value is -2.16. The van der Waals surface area contributed by atoms with Gasteiger partial charge < -0.3 is 0 Å². The molecule has 1 heterocycles. The van der Waals surface area contributed by atoms with E-state index in [0.29, 0.717) is 0 Å². The Bertz CT molecular complexity index is 608. The quantitative estimate of drug-likeness (QED) is 0.697. The maximum absolute atomic E-state index is 12.8. The molecule has 0 atom stereocenters. The standard InChI is InChI=1S/C14H11FN2/c15-11-7-5-10(6-8-11)9-14-16-12-3-1-2-4-13(12)17-14/h1-8H,9H2,(H,16,17)/p+1. The van der Waals surface area contributed by atoms with Gasteiger partial charge in [-0.3, -0.25) is 0 Å². The van der Waals surface area contributed by atoms with Gasteiger partial charge in [0, 0.05) is 0 Å². The van der Waals surface area contributed by atoms with E-state index in [0.717, 1.165) is 28.8 Å². The van der Waals surface area contributed by atoms with Gasteiger partial charge in [0.2, 0.25) is 0 Å². The van der Waals surface area contributed by atoms with Crippen LogP contribution in [0.2, 0.25) is 0 Å². The molecule has 3 heteroatoms. The summed E-state index contributed by atoms with van der Waals surface area (Å²) < 4.78 is 12.8. The third-order valence-electron chi connectivity index (χ3n) is 2.79. The molecule has 1 aromatic heterocycles.